The van der Waals surface area contributed by atoms with Crippen molar-refractivity contribution in [2.75, 3.05) is 18.5 Å². The maximum Gasteiger partial charge on any atom is 0.239 e. The van der Waals surface area contributed by atoms with E-state index in [-0.39, 0.29) is 12.3 Å². The van der Waals surface area contributed by atoms with E-state index >= 15 is 0 Å². The molecule has 0 aliphatic rings. The first-order valence-corrected chi connectivity index (χ1v) is 9.59. The Morgan fingerprint density at radius 2 is 1.88 bits per heavy atom. The Labute approximate surface area is 148 Å². The number of ether oxygens (including phenoxy) is 1. The number of anilines is 1. The Morgan fingerprint density at radius 3 is 2.60 bits per heavy atom. The predicted octanol–water partition coefficient (Wildman–Crippen LogP) is 2.45. The molecule has 0 aliphatic heterocycles. The van der Waals surface area contributed by atoms with Gasteiger partial charge in [0, 0.05) is 11.3 Å². The molecule has 0 heterocycles. The Morgan fingerprint density at radius 1 is 1.12 bits per heavy atom. The summed E-state index contributed by atoms with van der Waals surface area (Å²) in [5.74, 6) is -0.146. The van der Waals surface area contributed by atoms with Gasteiger partial charge in [-0.15, -0.1) is 0 Å². The molecule has 0 fully saturated rings. The Bertz CT molecular complexity index is 834. The number of sulfonamides is 1. The summed E-state index contributed by atoms with van der Waals surface area (Å²) in [6, 6.07) is 14.2. The van der Waals surface area contributed by atoms with Gasteiger partial charge in [0.25, 0.3) is 0 Å². The highest BCUT2D eigenvalue weighted by atomic mass is 32.2. The van der Waals surface area contributed by atoms with Crippen LogP contribution in [-0.4, -0.2) is 27.5 Å². The monoisotopic (exact) mass is 362 g/mol. The standard InChI is InChI=1S/C18H22N2O4S/c1-3-24-17-10-5-4-8-15(17)13-25(22,23)19-12-18(21)20-16-9-6-7-14(2)11-16/h4-11,19H,3,12-13H2,1-2H3,(H,20,21). The van der Waals surface area contributed by atoms with Gasteiger partial charge in [-0.25, -0.2) is 13.1 Å². The average Bonchev–Trinajstić information content (AvgIpc) is 2.55. The molecule has 2 N–H and O–H groups in total. The molecule has 0 radical (unpaired) electrons. The number of hydrogen-bond acceptors (Lipinski definition) is 4. The second-order valence-corrected chi connectivity index (χ2v) is 7.35. The van der Waals surface area contributed by atoms with E-state index in [0.29, 0.717) is 23.6 Å². The van der Waals surface area contributed by atoms with Gasteiger partial charge in [-0.05, 0) is 37.6 Å². The highest BCUT2D eigenvalue weighted by Gasteiger charge is 2.16. The molecule has 0 aliphatic carbocycles. The van der Waals surface area contributed by atoms with E-state index in [1.165, 1.54) is 0 Å². The quantitative estimate of drug-likeness (QED) is 0.755. The number of hydrogen-bond donors (Lipinski definition) is 2. The van der Waals surface area contributed by atoms with Gasteiger partial charge in [0.05, 0.1) is 18.9 Å². The maximum absolute atomic E-state index is 12.2. The molecule has 0 aromatic heterocycles. The lowest BCUT2D eigenvalue weighted by molar-refractivity contribution is -0.115. The minimum Gasteiger partial charge on any atom is -0.494 e. The predicted molar refractivity (Wildman–Crippen MR) is 98.0 cm³/mol. The van der Waals surface area contributed by atoms with E-state index < -0.39 is 15.9 Å². The summed E-state index contributed by atoms with van der Waals surface area (Å²) in [4.78, 5) is 11.9. The van der Waals surface area contributed by atoms with Crippen molar-refractivity contribution < 1.29 is 17.9 Å². The molecule has 0 saturated carbocycles. The lowest BCUT2D eigenvalue weighted by Gasteiger charge is -2.11. The average molecular weight is 362 g/mol. The van der Waals surface area contributed by atoms with Crippen molar-refractivity contribution in [2.45, 2.75) is 19.6 Å². The van der Waals surface area contributed by atoms with Crippen LogP contribution in [0.3, 0.4) is 0 Å². The fourth-order valence-electron chi connectivity index (χ4n) is 2.28. The summed E-state index contributed by atoms with van der Waals surface area (Å²) in [6.07, 6.45) is 0. The molecule has 1 amide bonds. The van der Waals surface area contributed by atoms with Crippen molar-refractivity contribution in [1.82, 2.24) is 4.72 Å². The van der Waals surface area contributed by atoms with Crippen LogP contribution in [0.5, 0.6) is 5.75 Å². The van der Waals surface area contributed by atoms with E-state index in [0.717, 1.165) is 5.56 Å². The molecule has 0 bridgehead atoms. The number of amides is 1. The molecular weight excluding hydrogens is 340 g/mol. The van der Waals surface area contributed by atoms with Gasteiger partial charge in [0.15, 0.2) is 0 Å². The summed E-state index contributed by atoms with van der Waals surface area (Å²) in [5, 5.41) is 2.66. The third-order valence-corrected chi connectivity index (χ3v) is 4.65. The Kier molecular flexibility index (Phi) is 6.55. The van der Waals surface area contributed by atoms with Crippen molar-refractivity contribution in [3.8, 4) is 5.75 Å². The van der Waals surface area contributed by atoms with Crippen LogP contribution in [0, 0.1) is 6.92 Å². The number of aryl methyl sites for hydroxylation is 1. The van der Waals surface area contributed by atoms with Crippen LogP contribution in [0.15, 0.2) is 48.5 Å². The topological polar surface area (TPSA) is 84.5 Å². The minimum absolute atomic E-state index is 0.249. The van der Waals surface area contributed by atoms with Crippen molar-refractivity contribution >= 4 is 21.6 Å². The zero-order valence-corrected chi connectivity index (χ0v) is 15.1. The number of benzene rings is 2. The van der Waals surface area contributed by atoms with Crippen molar-refractivity contribution in [3.63, 3.8) is 0 Å². The van der Waals surface area contributed by atoms with Crippen LogP contribution in [-0.2, 0) is 20.6 Å². The highest BCUT2D eigenvalue weighted by Crippen LogP contribution is 2.20. The molecule has 2 rings (SSSR count). The molecule has 25 heavy (non-hydrogen) atoms. The summed E-state index contributed by atoms with van der Waals surface area (Å²) in [7, 11) is -3.66. The van der Waals surface area contributed by atoms with Gasteiger partial charge in [-0.3, -0.25) is 4.79 Å². The normalized spacial score (nSPS) is 11.1. The molecule has 0 saturated heterocycles. The number of rotatable bonds is 8. The van der Waals surface area contributed by atoms with E-state index in [9.17, 15) is 13.2 Å². The third kappa shape index (κ3) is 6.21. The lowest BCUT2D eigenvalue weighted by Crippen LogP contribution is -2.33. The van der Waals surface area contributed by atoms with Gasteiger partial charge < -0.3 is 10.1 Å². The molecule has 0 spiro atoms. The number of carbonyl (C=O) groups excluding carboxylic acids is 1. The van der Waals surface area contributed by atoms with Gasteiger partial charge >= 0.3 is 0 Å². The first kappa shape index (κ1) is 19.0. The molecular formula is C18H22N2O4S. The van der Waals surface area contributed by atoms with Gasteiger partial charge in [-0.2, -0.15) is 0 Å². The lowest BCUT2D eigenvalue weighted by atomic mass is 10.2. The summed E-state index contributed by atoms with van der Waals surface area (Å²) in [5.41, 5.74) is 2.19. The fourth-order valence-corrected chi connectivity index (χ4v) is 3.38. The fraction of sp³-hybridized carbons (Fsp3) is 0.278. The van der Waals surface area contributed by atoms with Gasteiger partial charge in [0.1, 0.15) is 5.75 Å². The summed E-state index contributed by atoms with van der Waals surface area (Å²) in [6.45, 7) is 3.86. The molecule has 6 nitrogen and oxygen atoms in total. The highest BCUT2D eigenvalue weighted by molar-refractivity contribution is 7.88. The zero-order valence-electron chi connectivity index (χ0n) is 14.3. The molecule has 2 aromatic rings. The van der Waals surface area contributed by atoms with Crippen molar-refractivity contribution in [1.29, 1.82) is 0 Å². The summed E-state index contributed by atoms with van der Waals surface area (Å²) < 4.78 is 32.2. The van der Waals surface area contributed by atoms with Crippen molar-refractivity contribution in [2.24, 2.45) is 0 Å². The molecule has 2 aromatic carbocycles. The minimum atomic E-state index is -3.66. The van der Waals surface area contributed by atoms with E-state index in [4.69, 9.17) is 4.74 Å². The largest absolute Gasteiger partial charge is 0.494 e. The molecule has 0 atom stereocenters. The first-order valence-electron chi connectivity index (χ1n) is 7.94. The second kappa shape index (κ2) is 8.64. The Balaban J connectivity index is 1.94. The van der Waals surface area contributed by atoms with Crippen LogP contribution in [0.2, 0.25) is 0 Å². The maximum atomic E-state index is 12.2. The summed E-state index contributed by atoms with van der Waals surface area (Å²) >= 11 is 0. The number of nitrogens with one attached hydrogen (secondary N) is 2. The molecule has 7 heteroatoms. The smallest absolute Gasteiger partial charge is 0.239 e. The zero-order chi connectivity index (χ0) is 18.3. The molecule has 0 unspecified atom stereocenters. The van der Waals surface area contributed by atoms with Crippen LogP contribution >= 0.6 is 0 Å². The SMILES string of the molecule is CCOc1ccccc1CS(=O)(=O)NCC(=O)Nc1cccc(C)c1. The van der Waals surface area contributed by atoms with E-state index in [1.54, 1.807) is 30.3 Å². The second-order valence-electron chi connectivity index (χ2n) is 5.54. The van der Waals surface area contributed by atoms with Gasteiger partial charge in [-0.1, -0.05) is 30.3 Å². The van der Waals surface area contributed by atoms with E-state index in [1.807, 2.05) is 32.0 Å². The van der Waals surface area contributed by atoms with Crippen LogP contribution in [0.1, 0.15) is 18.1 Å². The van der Waals surface area contributed by atoms with Crippen LogP contribution < -0.4 is 14.8 Å². The van der Waals surface area contributed by atoms with Crippen LogP contribution in [0.25, 0.3) is 0 Å². The van der Waals surface area contributed by atoms with Gasteiger partial charge in [0.2, 0.25) is 15.9 Å². The van der Waals surface area contributed by atoms with E-state index in [2.05, 4.69) is 10.0 Å². The third-order valence-electron chi connectivity index (χ3n) is 3.37. The number of carbonyl (C=O) groups is 1. The van der Waals surface area contributed by atoms with Crippen molar-refractivity contribution in [3.05, 3.63) is 59.7 Å². The Hall–Kier alpha value is -2.38. The van der Waals surface area contributed by atoms with Crippen LogP contribution in [0.4, 0.5) is 5.69 Å². The molecule has 134 valence electrons. The number of para-hydroxylation sites is 1. The first-order chi connectivity index (χ1) is 11.9.